The normalized spacial score (nSPS) is 20.5. The van der Waals surface area contributed by atoms with E-state index in [1.165, 1.54) is 13.8 Å². The first-order valence-corrected chi connectivity index (χ1v) is 10.6. The average Bonchev–Trinajstić information content (AvgIpc) is 3.23. The molecule has 4 rings (SSSR count). The SMILES string of the molecule is CCOC(=O)c1ccc2c(c1)[C@@H]1C=CC[C@H]1[C@@H](c1ccc(OC(C)=O)cc1OC(C)=O)N2. The molecule has 3 atom stereocenters. The molecule has 0 fully saturated rings. The van der Waals surface area contributed by atoms with E-state index in [9.17, 15) is 14.4 Å². The fourth-order valence-corrected chi connectivity index (χ4v) is 4.49. The Kier molecular flexibility index (Phi) is 5.99. The van der Waals surface area contributed by atoms with Gasteiger partial charge in [0.1, 0.15) is 11.5 Å². The van der Waals surface area contributed by atoms with Crippen molar-refractivity contribution >= 4 is 23.6 Å². The first-order chi connectivity index (χ1) is 15.4. The van der Waals surface area contributed by atoms with Gasteiger partial charge in [0.15, 0.2) is 0 Å². The highest BCUT2D eigenvalue weighted by molar-refractivity contribution is 5.90. The van der Waals surface area contributed by atoms with Gasteiger partial charge in [-0.1, -0.05) is 12.2 Å². The topological polar surface area (TPSA) is 90.9 Å². The minimum Gasteiger partial charge on any atom is -0.462 e. The smallest absolute Gasteiger partial charge is 0.338 e. The predicted octanol–water partition coefficient (Wildman–Crippen LogP) is 4.54. The van der Waals surface area contributed by atoms with Gasteiger partial charge in [-0.25, -0.2) is 4.79 Å². The van der Waals surface area contributed by atoms with Crippen molar-refractivity contribution in [3.8, 4) is 11.5 Å². The molecule has 1 N–H and O–H groups in total. The molecule has 0 bridgehead atoms. The van der Waals surface area contributed by atoms with E-state index in [4.69, 9.17) is 14.2 Å². The Labute approximate surface area is 186 Å². The number of carbonyl (C=O) groups excluding carboxylic acids is 3. The van der Waals surface area contributed by atoms with Crippen LogP contribution in [0, 0.1) is 5.92 Å². The predicted molar refractivity (Wildman–Crippen MR) is 118 cm³/mol. The number of ether oxygens (including phenoxy) is 3. The van der Waals surface area contributed by atoms with Gasteiger partial charge < -0.3 is 19.5 Å². The highest BCUT2D eigenvalue weighted by Gasteiger charge is 2.39. The summed E-state index contributed by atoms with van der Waals surface area (Å²) in [5.41, 5.74) is 3.27. The molecule has 1 aliphatic heterocycles. The standard InChI is InChI=1S/C25H25NO6/c1-4-30-25(29)16-8-11-22-21(12-16)18-6-5-7-19(18)24(26-22)20-10-9-17(31-14(2)27)13-23(20)32-15(3)28/h5-6,8-13,18-19,24,26H,4,7H2,1-3H3/t18-,19-,24+/m1/s1. The Morgan fingerprint density at radius 1 is 1.00 bits per heavy atom. The average molecular weight is 435 g/mol. The number of carbonyl (C=O) groups is 3. The van der Waals surface area contributed by atoms with E-state index >= 15 is 0 Å². The number of rotatable bonds is 5. The zero-order valence-corrected chi connectivity index (χ0v) is 18.2. The van der Waals surface area contributed by atoms with Crippen LogP contribution in [-0.2, 0) is 14.3 Å². The summed E-state index contributed by atoms with van der Waals surface area (Å²) in [5.74, 6) is -0.317. The minimum absolute atomic E-state index is 0.101. The van der Waals surface area contributed by atoms with Gasteiger partial charge in [-0.3, -0.25) is 9.59 Å². The van der Waals surface area contributed by atoms with Crippen molar-refractivity contribution in [3.05, 3.63) is 65.2 Å². The number of esters is 3. The Balaban J connectivity index is 1.72. The summed E-state index contributed by atoms with van der Waals surface area (Å²) in [6, 6.07) is 10.5. The van der Waals surface area contributed by atoms with Crippen LogP contribution in [0.2, 0.25) is 0 Å². The summed E-state index contributed by atoms with van der Waals surface area (Å²) in [7, 11) is 0. The first-order valence-electron chi connectivity index (χ1n) is 10.6. The molecule has 0 saturated heterocycles. The Bertz CT molecular complexity index is 1110. The van der Waals surface area contributed by atoms with Crippen molar-refractivity contribution in [1.29, 1.82) is 0 Å². The van der Waals surface area contributed by atoms with E-state index in [1.54, 1.807) is 25.1 Å². The third-order valence-corrected chi connectivity index (χ3v) is 5.71. The molecule has 7 nitrogen and oxygen atoms in total. The molecule has 0 radical (unpaired) electrons. The summed E-state index contributed by atoms with van der Waals surface area (Å²) in [4.78, 5) is 35.3. The van der Waals surface area contributed by atoms with Gasteiger partial charge >= 0.3 is 17.9 Å². The highest BCUT2D eigenvalue weighted by atomic mass is 16.5. The first kappa shape index (κ1) is 21.6. The van der Waals surface area contributed by atoms with Crippen molar-refractivity contribution < 1.29 is 28.6 Å². The lowest BCUT2D eigenvalue weighted by molar-refractivity contribution is -0.132. The maximum absolute atomic E-state index is 12.2. The number of hydrogen-bond donors (Lipinski definition) is 1. The molecular weight excluding hydrogens is 410 g/mol. The summed E-state index contributed by atoms with van der Waals surface area (Å²) in [6.07, 6.45) is 5.12. The molecule has 7 heteroatoms. The highest BCUT2D eigenvalue weighted by Crippen LogP contribution is 2.51. The van der Waals surface area contributed by atoms with Crippen LogP contribution in [0.15, 0.2) is 48.6 Å². The zero-order valence-electron chi connectivity index (χ0n) is 18.2. The molecule has 0 unspecified atom stereocenters. The summed E-state index contributed by atoms with van der Waals surface area (Å²) in [6.45, 7) is 4.76. The monoisotopic (exact) mass is 435 g/mol. The lowest BCUT2D eigenvalue weighted by atomic mass is 9.76. The van der Waals surface area contributed by atoms with E-state index in [0.29, 0.717) is 23.7 Å². The van der Waals surface area contributed by atoms with Crippen molar-refractivity contribution in [2.75, 3.05) is 11.9 Å². The van der Waals surface area contributed by atoms with Gasteiger partial charge in [0, 0.05) is 37.1 Å². The Morgan fingerprint density at radius 3 is 2.50 bits per heavy atom. The minimum atomic E-state index is -0.456. The Hall–Kier alpha value is -3.61. The molecule has 2 aromatic rings. The van der Waals surface area contributed by atoms with Crippen LogP contribution in [0.4, 0.5) is 5.69 Å². The number of fused-ring (bicyclic) bond motifs is 3. The molecule has 2 aromatic carbocycles. The quantitative estimate of drug-likeness (QED) is 0.419. The molecular formula is C25H25NO6. The largest absolute Gasteiger partial charge is 0.462 e. The van der Waals surface area contributed by atoms with Gasteiger partial charge in [0.25, 0.3) is 0 Å². The number of anilines is 1. The second kappa shape index (κ2) is 8.86. The van der Waals surface area contributed by atoms with Gasteiger partial charge in [0.2, 0.25) is 0 Å². The van der Waals surface area contributed by atoms with Crippen molar-refractivity contribution in [3.63, 3.8) is 0 Å². The van der Waals surface area contributed by atoms with Gasteiger partial charge in [-0.05, 0) is 55.2 Å². The fraction of sp³-hybridized carbons (Fsp3) is 0.320. The molecule has 2 aliphatic rings. The molecule has 0 saturated carbocycles. The lowest BCUT2D eigenvalue weighted by Gasteiger charge is -2.38. The van der Waals surface area contributed by atoms with E-state index in [1.807, 2.05) is 18.2 Å². The number of hydrogen-bond acceptors (Lipinski definition) is 7. The number of nitrogens with one attached hydrogen (secondary N) is 1. The third kappa shape index (κ3) is 4.23. The van der Waals surface area contributed by atoms with Crippen LogP contribution in [0.5, 0.6) is 11.5 Å². The fourth-order valence-electron chi connectivity index (χ4n) is 4.49. The van der Waals surface area contributed by atoms with Crippen molar-refractivity contribution in [2.24, 2.45) is 5.92 Å². The van der Waals surface area contributed by atoms with Crippen LogP contribution >= 0.6 is 0 Å². The molecule has 0 aromatic heterocycles. The third-order valence-electron chi connectivity index (χ3n) is 5.71. The number of allylic oxidation sites excluding steroid dienone is 2. The molecule has 0 spiro atoms. The molecule has 32 heavy (non-hydrogen) atoms. The van der Waals surface area contributed by atoms with E-state index < -0.39 is 11.9 Å². The van der Waals surface area contributed by atoms with Crippen LogP contribution in [0.1, 0.15) is 60.6 Å². The van der Waals surface area contributed by atoms with Crippen molar-refractivity contribution in [2.45, 2.75) is 39.2 Å². The zero-order chi connectivity index (χ0) is 22.8. The van der Waals surface area contributed by atoms with Gasteiger partial charge in [-0.2, -0.15) is 0 Å². The van der Waals surface area contributed by atoms with E-state index in [2.05, 4.69) is 17.5 Å². The Morgan fingerprint density at radius 2 is 1.78 bits per heavy atom. The van der Waals surface area contributed by atoms with Gasteiger partial charge in [-0.15, -0.1) is 0 Å². The second-order valence-electron chi connectivity index (χ2n) is 7.88. The van der Waals surface area contributed by atoms with Gasteiger partial charge in [0.05, 0.1) is 18.2 Å². The maximum atomic E-state index is 12.2. The van der Waals surface area contributed by atoms with Crippen molar-refractivity contribution in [1.82, 2.24) is 0 Å². The van der Waals surface area contributed by atoms with Crippen LogP contribution < -0.4 is 14.8 Å². The summed E-state index contributed by atoms with van der Waals surface area (Å²) >= 11 is 0. The molecule has 1 aliphatic carbocycles. The maximum Gasteiger partial charge on any atom is 0.338 e. The van der Waals surface area contributed by atoms with E-state index in [0.717, 1.165) is 23.2 Å². The summed E-state index contributed by atoms with van der Waals surface area (Å²) < 4.78 is 15.8. The van der Waals surface area contributed by atoms with Crippen LogP contribution in [0.25, 0.3) is 0 Å². The molecule has 0 amide bonds. The van der Waals surface area contributed by atoms with E-state index in [-0.39, 0.29) is 23.8 Å². The molecule has 166 valence electrons. The summed E-state index contributed by atoms with van der Waals surface area (Å²) in [5, 5.41) is 3.57. The molecule has 1 heterocycles. The van der Waals surface area contributed by atoms with Crippen LogP contribution in [-0.4, -0.2) is 24.5 Å². The lowest BCUT2D eigenvalue weighted by Crippen LogP contribution is -2.30. The number of benzene rings is 2. The second-order valence-corrected chi connectivity index (χ2v) is 7.88. The van der Waals surface area contributed by atoms with Crippen LogP contribution in [0.3, 0.4) is 0 Å².